The predicted octanol–water partition coefficient (Wildman–Crippen LogP) is 4.06. The van der Waals surface area contributed by atoms with Crippen molar-refractivity contribution in [3.05, 3.63) is 34.4 Å². The highest BCUT2D eigenvalue weighted by molar-refractivity contribution is 8.00. The van der Waals surface area contributed by atoms with Crippen LogP contribution in [0.15, 0.2) is 12.1 Å². The van der Waals surface area contributed by atoms with Crippen molar-refractivity contribution in [3.8, 4) is 0 Å². The van der Waals surface area contributed by atoms with Crippen LogP contribution in [0.25, 0.3) is 0 Å². The molecule has 0 N–H and O–H groups in total. The average molecular weight is 347 g/mol. The van der Waals surface area contributed by atoms with Gasteiger partial charge in [0.25, 0.3) is 0 Å². The third kappa shape index (κ3) is 3.97. The van der Waals surface area contributed by atoms with Gasteiger partial charge >= 0.3 is 0 Å². The molecular weight excluding hydrogens is 316 g/mol. The molecule has 0 aliphatic carbocycles. The zero-order chi connectivity index (χ0) is 17.1. The number of likely N-dealkylation sites (tertiary alicyclic amines) is 1. The molecule has 2 saturated heterocycles. The van der Waals surface area contributed by atoms with Gasteiger partial charge in [-0.1, -0.05) is 24.1 Å². The highest BCUT2D eigenvalue weighted by atomic mass is 32.2. The Balaban J connectivity index is 1.66. The second-order valence-electron chi connectivity index (χ2n) is 7.32. The number of amides is 1. The predicted molar refractivity (Wildman–Crippen MR) is 102 cm³/mol. The van der Waals surface area contributed by atoms with Gasteiger partial charge in [0, 0.05) is 6.54 Å². The Bertz CT molecular complexity index is 572. The summed E-state index contributed by atoms with van der Waals surface area (Å²) in [6.45, 7) is 11.0. The lowest BCUT2D eigenvalue weighted by molar-refractivity contribution is -0.128. The molecule has 1 aromatic carbocycles. The Morgan fingerprint density at radius 2 is 1.71 bits per heavy atom. The van der Waals surface area contributed by atoms with Crippen molar-refractivity contribution < 1.29 is 4.79 Å². The monoisotopic (exact) mass is 346 g/mol. The van der Waals surface area contributed by atoms with Crippen molar-refractivity contribution in [2.24, 2.45) is 0 Å². The molecule has 2 heterocycles. The van der Waals surface area contributed by atoms with Crippen LogP contribution < -0.4 is 0 Å². The van der Waals surface area contributed by atoms with Crippen LogP contribution >= 0.6 is 11.8 Å². The van der Waals surface area contributed by atoms with Crippen molar-refractivity contribution in [2.75, 3.05) is 31.9 Å². The molecule has 1 amide bonds. The summed E-state index contributed by atoms with van der Waals surface area (Å²) in [6, 6.07) is 4.50. The summed E-state index contributed by atoms with van der Waals surface area (Å²) in [7, 11) is 0. The van der Waals surface area contributed by atoms with E-state index in [2.05, 4.69) is 42.7 Å². The topological polar surface area (TPSA) is 23.6 Å². The minimum atomic E-state index is 0.208. The summed E-state index contributed by atoms with van der Waals surface area (Å²) in [6.07, 6.45) is 5.14. The molecule has 132 valence electrons. The van der Waals surface area contributed by atoms with Crippen molar-refractivity contribution in [1.82, 2.24) is 9.80 Å². The molecule has 1 aromatic rings. The minimum Gasteiger partial charge on any atom is -0.326 e. The van der Waals surface area contributed by atoms with E-state index in [1.54, 1.807) is 11.8 Å². The number of rotatable bonds is 5. The van der Waals surface area contributed by atoms with Gasteiger partial charge in [-0.05, 0) is 76.4 Å². The number of aryl methyl sites for hydroxylation is 3. The van der Waals surface area contributed by atoms with Crippen molar-refractivity contribution >= 4 is 17.7 Å². The molecule has 2 aliphatic heterocycles. The number of piperidine rings is 1. The molecule has 2 aliphatic rings. The Labute approximate surface area is 150 Å². The fraction of sp³-hybridized carbons (Fsp3) is 0.650. The molecule has 2 fully saturated rings. The fourth-order valence-corrected chi connectivity index (χ4v) is 5.57. The molecule has 0 radical (unpaired) electrons. The standard InChI is InChI=1S/C20H30N2OS/c1-15-12-16(2)19(17(3)13-15)20-22(18(23)14-24-20)11-7-10-21-8-5-4-6-9-21/h12-13,20H,4-11,14H2,1-3H3. The molecule has 24 heavy (non-hydrogen) atoms. The Morgan fingerprint density at radius 3 is 2.38 bits per heavy atom. The van der Waals surface area contributed by atoms with E-state index in [1.807, 2.05) is 0 Å². The zero-order valence-corrected chi connectivity index (χ0v) is 16.1. The molecule has 0 saturated carbocycles. The maximum Gasteiger partial charge on any atom is 0.233 e. The molecule has 0 spiro atoms. The van der Waals surface area contributed by atoms with E-state index in [9.17, 15) is 4.79 Å². The van der Waals surface area contributed by atoms with Gasteiger partial charge in [-0.15, -0.1) is 11.8 Å². The maximum absolute atomic E-state index is 12.4. The quantitative estimate of drug-likeness (QED) is 0.803. The first-order valence-corrected chi connectivity index (χ1v) is 10.3. The molecular formula is C20H30N2OS. The lowest BCUT2D eigenvalue weighted by atomic mass is 9.99. The van der Waals surface area contributed by atoms with Crippen molar-refractivity contribution in [2.45, 2.75) is 51.8 Å². The van der Waals surface area contributed by atoms with Gasteiger partial charge in [0.2, 0.25) is 5.91 Å². The highest BCUT2D eigenvalue weighted by Gasteiger charge is 2.34. The summed E-state index contributed by atoms with van der Waals surface area (Å²) in [5.41, 5.74) is 5.30. The highest BCUT2D eigenvalue weighted by Crippen LogP contribution is 2.41. The fourth-order valence-electron chi connectivity index (χ4n) is 4.16. The van der Waals surface area contributed by atoms with Gasteiger partial charge in [0.15, 0.2) is 0 Å². The number of carbonyl (C=O) groups excluding carboxylic acids is 1. The summed E-state index contributed by atoms with van der Waals surface area (Å²) < 4.78 is 0. The number of nitrogens with zero attached hydrogens (tertiary/aromatic N) is 2. The smallest absolute Gasteiger partial charge is 0.233 e. The lowest BCUT2D eigenvalue weighted by Crippen LogP contribution is -2.35. The van der Waals surface area contributed by atoms with Gasteiger partial charge in [-0.25, -0.2) is 0 Å². The first kappa shape index (κ1) is 17.8. The molecule has 0 bridgehead atoms. The van der Waals surface area contributed by atoms with Crippen LogP contribution in [0.2, 0.25) is 0 Å². The number of benzene rings is 1. The van der Waals surface area contributed by atoms with Gasteiger partial charge in [-0.3, -0.25) is 4.79 Å². The maximum atomic E-state index is 12.4. The van der Waals surface area contributed by atoms with Crippen LogP contribution in [0.4, 0.5) is 0 Å². The largest absolute Gasteiger partial charge is 0.326 e. The first-order chi connectivity index (χ1) is 11.6. The second-order valence-corrected chi connectivity index (χ2v) is 8.39. The molecule has 1 atom stereocenters. The number of thioether (sulfide) groups is 1. The van der Waals surface area contributed by atoms with Gasteiger partial charge in [0.1, 0.15) is 5.37 Å². The SMILES string of the molecule is Cc1cc(C)c(C2SCC(=O)N2CCCN2CCCCC2)c(C)c1. The van der Waals surface area contributed by atoms with Crippen LogP contribution in [0, 0.1) is 20.8 Å². The molecule has 1 unspecified atom stereocenters. The number of carbonyl (C=O) groups is 1. The third-order valence-electron chi connectivity index (χ3n) is 5.28. The van der Waals surface area contributed by atoms with Gasteiger partial charge in [0.05, 0.1) is 5.75 Å². The zero-order valence-electron chi connectivity index (χ0n) is 15.3. The van der Waals surface area contributed by atoms with Crippen molar-refractivity contribution in [1.29, 1.82) is 0 Å². The summed E-state index contributed by atoms with van der Waals surface area (Å²) in [4.78, 5) is 17.1. The Morgan fingerprint density at radius 1 is 1.04 bits per heavy atom. The number of hydrogen-bond donors (Lipinski definition) is 0. The van der Waals surface area contributed by atoms with Gasteiger partial charge in [-0.2, -0.15) is 0 Å². The van der Waals surface area contributed by atoms with Crippen LogP contribution in [0.1, 0.15) is 53.3 Å². The average Bonchev–Trinajstić information content (AvgIpc) is 2.89. The normalized spacial score (nSPS) is 22.4. The third-order valence-corrected chi connectivity index (χ3v) is 6.49. The van der Waals surface area contributed by atoms with Crippen LogP contribution in [0.3, 0.4) is 0 Å². The number of hydrogen-bond acceptors (Lipinski definition) is 3. The van der Waals surface area contributed by atoms with E-state index < -0.39 is 0 Å². The molecule has 3 nitrogen and oxygen atoms in total. The van der Waals surface area contributed by atoms with E-state index in [0.29, 0.717) is 11.7 Å². The van der Waals surface area contributed by atoms with Gasteiger partial charge < -0.3 is 9.80 Å². The molecule has 4 heteroatoms. The Kier molecular flexibility index (Phi) is 5.88. The van der Waals surface area contributed by atoms with E-state index in [1.165, 1.54) is 54.6 Å². The van der Waals surface area contributed by atoms with E-state index in [4.69, 9.17) is 0 Å². The first-order valence-electron chi connectivity index (χ1n) is 9.27. The van der Waals surface area contributed by atoms with Crippen LogP contribution in [0.5, 0.6) is 0 Å². The van der Waals surface area contributed by atoms with Crippen molar-refractivity contribution in [3.63, 3.8) is 0 Å². The van der Waals surface area contributed by atoms with Crippen LogP contribution in [-0.2, 0) is 4.79 Å². The molecule has 3 rings (SSSR count). The Hall–Kier alpha value is -1.00. The molecule has 0 aromatic heterocycles. The summed E-state index contributed by atoms with van der Waals surface area (Å²) in [5.74, 6) is 0.934. The van der Waals surface area contributed by atoms with E-state index >= 15 is 0 Å². The van der Waals surface area contributed by atoms with E-state index in [-0.39, 0.29) is 5.37 Å². The van der Waals surface area contributed by atoms with Crippen LogP contribution in [-0.4, -0.2) is 47.6 Å². The minimum absolute atomic E-state index is 0.208. The van der Waals surface area contributed by atoms with E-state index in [0.717, 1.165) is 19.5 Å². The lowest BCUT2D eigenvalue weighted by Gasteiger charge is -2.30. The summed E-state index contributed by atoms with van der Waals surface area (Å²) in [5, 5.41) is 0.208. The summed E-state index contributed by atoms with van der Waals surface area (Å²) >= 11 is 1.79. The second kappa shape index (κ2) is 7.92.